The van der Waals surface area contributed by atoms with E-state index in [2.05, 4.69) is 99.8 Å². The van der Waals surface area contributed by atoms with Crippen LogP contribution in [0.5, 0.6) is 0 Å². The minimum atomic E-state index is -1.93. The van der Waals surface area contributed by atoms with Crippen LogP contribution in [0.4, 0.5) is 0 Å². The molecule has 0 aromatic carbocycles. The number of carbonyl (C=O) groups is 4. The molecule has 1 heterocycles. The zero-order valence-electron chi connectivity index (χ0n) is 42.3. The second kappa shape index (κ2) is 44.6. The Morgan fingerprint density at radius 1 is 0.493 bits per heavy atom. The van der Waals surface area contributed by atoms with E-state index < -0.39 is 67.3 Å². The predicted molar refractivity (Wildman–Crippen MR) is 275 cm³/mol. The number of ether oxygens (including phenoxy) is 5. The van der Waals surface area contributed by atoms with Crippen LogP contribution in [0.25, 0.3) is 0 Å². The molecule has 0 aromatic heterocycles. The van der Waals surface area contributed by atoms with E-state index in [-0.39, 0.29) is 25.9 Å². The number of carboxylic acid groups (broad SMARTS) is 1. The summed E-state index contributed by atoms with van der Waals surface area (Å²) in [4.78, 5) is 50.7. The van der Waals surface area contributed by atoms with Crippen molar-refractivity contribution in [1.29, 1.82) is 0 Å². The highest BCUT2D eigenvalue weighted by molar-refractivity contribution is 5.74. The van der Waals surface area contributed by atoms with Crippen LogP contribution in [0.2, 0.25) is 0 Å². The predicted octanol–water partition coefficient (Wildman–Crippen LogP) is 12.3. The van der Waals surface area contributed by atoms with Gasteiger partial charge in [-0.05, 0) is 96.3 Å². The molecule has 69 heavy (non-hydrogen) atoms. The molecule has 0 aliphatic carbocycles. The molecule has 6 atom stereocenters. The summed E-state index contributed by atoms with van der Waals surface area (Å²) in [5.74, 6) is -3.37. The van der Waals surface area contributed by atoms with Crippen LogP contribution < -0.4 is 0 Å². The maximum atomic E-state index is 13.0. The van der Waals surface area contributed by atoms with Crippen LogP contribution in [0, 0.1) is 0 Å². The van der Waals surface area contributed by atoms with Crippen molar-refractivity contribution < 1.29 is 58.2 Å². The molecular weight excluding hydrogens is 877 g/mol. The van der Waals surface area contributed by atoms with Crippen LogP contribution >= 0.6 is 0 Å². The number of esters is 3. The number of carbonyl (C=O) groups excluding carboxylic acids is 3. The maximum Gasteiger partial charge on any atom is 0.335 e. The minimum absolute atomic E-state index is 0.0207. The fourth-order valence-electron chi connectivity index (χ4n) is 6.92. The fraction of sp³-hybridized carbons (Fsp3) is 0.614. The summed E-state index contributed by atoms with van der Waals surface area (Å²) in [7, 11) is 0. The number of aliphatic hydroxyl groups excluding tert-OH is 2. The van der Waals surface area contributed by atoms with Crippen LogP contribution in [-0.2, 0) is 42.9 Å². The highest BCUT2D eigenvalue weighted by Crippen LogP contribution is 2.26. The number of carboxylic acids is 1. The van der Waals surface area contributed by atoms with E-state index in [4.69, 9.17) is 23.7 Å². The summed E-state index contributed by atoms with van der Waals surface area (Å²) in [5.41, 5.74) is 0. The molecule has 1 aliphatic heterocycles. The first-order valence-corrected chi connectivity index (χ1v) is 25.9. The number of rotatable bonds is 41. The molecule has 12 nitrogen and oxygen atoms in total. The van der Waals surface area contributed by atoms with Gasteiger partial charge in [0, 0.05) is 19.3 Å². The van der Waals surface area contributed by atoms with Crippen LogP contribution in [0.15, 0.2) is 109 Å². The lowest BCUT2D eigenvalue weighted by Gasteiger charge is -2.40. The molecule has 0 spiro atoms. The Labute approximate surface area is 415 Å². The first-order valence-electron chi connectivity index (χ1n) is 25.9. The van der Waals surface area contributed by atoms with Crippen molar-refractivity contribution in [2.24, 2.45) is 0 Å². The summed E-state index contributed by atoms with van der Waals surface area (Å²) < 4.78 is 28.1. The zero-order valence-corrected chi connectivity index (χ0v) is 42.3. The summed E-state index contributed by atoms with van der Waals surface area (Å²) >= 11 is 0. The number of hydrogen-bond acceptors (Lipinski definition) is 11. The largest absolute Gasteiger partial charge is 0.479 e. The average Bonchev–Trinajstić information content (AvgIpc) is 3.33. The quantitative estimate of drug-likeness (QED) is 0.0229. The topological polar surface area (TPSA) is 175 Å². The lowest BCUT2D eigenvalue weighted by atomic mass is 9.98. The summed E-state index contributed by atoms with van der Waals surface area (Å²) in [6.07, 6.45) is 46.9. The van der Waals surface area contributed by atoms with E-state index in [1.165, 1.54) is 25.7 Å². The maximum absolute atomic E-state index is 13.0. The highest BCUT2D eigenvalue weighted by Gasteiger charge is 2.50. The van der Waals surface area contributed by atoms with Crippen molar-refractivity contribution in [2.75, 3.05) is 13.2 Å². The van der Waals surface area contributed by atoms with E-state index in [0.29, 0.717) is 25.7 Å². The number of allylic oxidation sites excluding steroid dienone is 18. The molecule has 1 fully saturated rings. The van der Waals surface area contributed by atoms with Gasteiger partial charge in [-0.15, -0.1) is 0 Å². The van der Waals surface area contributed by atoms with Crippen molar-refractivity contribution >= 4 is 23.9 Å². The van der Waals surface area contributed by atoms with Gasteiger partial charge in [0.25, 0.3) is 0 Å². The molecule has 1 saturated heterocycles. The van der Waals surface area contributed by atoms with Gasteiger partial charge in [-0.1, -0.05) is 169 Å². The molecule has 0 bridgehead atoms. The molecule has 0 radical (unpaired) electrons. The Hall–Kier alpha value is -4.62. The normalized spacial score (nSPS) is 19.6. The lowest BCUT2D eigenvalue weighted by Crippen LogP contribution is -2.61. The molecule has 0 amide bonds. The number of unbranched alkanes of at least 4 members (excludes halogenated alkanes) is 9. The Morgan fingerprint density at radius 2 is 0.942 bits per heavy atom. The number of hydrogen-bond donors (Lipinski definition) is 3. The molecule has 6 unspecified atom stereocenters. The van der Waals surface area contributed by atoms with E-state index in [0.717, 1.165) is 83.5 Å². The fourth-order valence-corrected chi connectivity index (χ4v) is 6.92. The molecule has 3 N–H and O–H groups in total. The van der Waals surface area contributed by atoms with Gasteiger partial charge in [0.05, 0.1) is 6.61 Å². The zero-order chi connectivity index (χ0) is 50.4. The standard InChI is InChI=1S/C57H88O12/c1-4-7-10-13-16-19-22-25-28-31-34-37-40-43-49(58)65-46-48(67-50(59)44-41-38-35-32-29-26-23-20-17-14-11-8-5-2)47-66-57-55(53(62)52(61)54(69-57)56(63)64)68-51(60)45-42-39-36-33-30-27-24-21-18-15-12-9-6-3/h7-8,10-11,16-17,19-21,24-26,28-29,34-35,37-38,48,52-55,57,61-62H,4-6,9,12-15,18,22-23,27,30-33,36,39-47H2,1-3H3,(H,63,64)/b10-7-,11-8-,19-16-,20-17-,24-21-,28-25-,29-26-,37-34-,38-35-. The van der Waals surface area contributed by atoms with Crippen LogP contribution in [-0.4, -0.2) is 89.2 Å². The molecule has 388 valence electrons. The van der Waals surface area contributed by atoms with E-state index in [1.54, 1.807) is 0 Å². The third-order valence-electron chi connectivity index (χ3n) is 10.8. The number of aliphatic hydroxyl groups is 2. The molecule has 1 aliphatic rings. The minimum Gasteiger partial charge on any atom is -0.479 e. The van der Waals surface area contributed by atoms with E-state index in [9.17, 15) is 34.5 Å². The van der Waals surface area contributed by atoms with Crippen molar-refractivity contribution in [3.05, 3.63) is 109 Å². The Bertz CT molecular complexity index is 1620. The Balaban J connectivity index is 2.84. The van der Waals surface area contributed by atoms with Gasteiger partial charge >= 0.3 is 23.9 Å². The van der Waals surface area contributed by atoms with E-state index >= 15 is 0 Å². The second-order valence-corrected chi connectivity index (χ2v) is 17.0. The first-order chi connectivity index (χ1) is 33.6. The summed E-state index contributed by atoms with van der Waals surface area (Å²) in [5, 5.41) is 31.3. The lowest BCUT2D eigenvalue weighted by molar-refractivity contribution is -0.301. The average molecular weight is 965 g/mol. The van der Waals surface area contributed by atoms with Gasteiger partial charge in [-0.25, -0.2) is 4.79 Å². The highest BCUT2D eigenvalue weighted by atomic mass is 16.7. The Morgan fingerprint density at radius 3 is 1.45 bits per heavy atom. The van der Waals surface area contributed by atoms with Gasteiger partial charge in [0.15, 0.2) is 24.6 Å². The molecular formula is C57H88O12. The molecule has 1 rings (SSSR count). The van der Waals surface area contributed by atoms with E-state index in [1.807, 2.05) is 30.4 Å². The molecule has 0 aromatic rings. The third-order valence-corrected chi connectivity index (χ3v) is 10.8. The third kappa shape index (κ3) is 35.2. The van der Waals surface area contributed by atoms with Crippen molar-refractivity contribution in [3.8, 4) is 0 Å². The monoisotopic (exact) mass is 965 g/mol. The summed E-state index contributed by atoms with van der Waals surface area (Å²) in [6.45, 7) is 5.56. The van der Waals surface area contributed by atoms with Gasteiger partial charge in [-0.3, -0.25) is 14.4 Å². The van der Waals surface area contributed by atoms with Crippen LogP contribution in [0.1, 0.15) is 175 Å². The Kier molecular flexibility index (Phi) is 40.3. The van der Waals surface area contributed by atoms with Gasteiger partial charge in [-0.2, -0.15) is 0 Å². The van der Waals surface area contributed by atoms with Gasteiger partial charge < -0.3 is 39.0 Å². The molecule has 0 saturated carbocycles. The van der Waals surface area contributed by atoms with Crippen LogP contribution in [0.3, 0.4) is 0 Å². The van der Waals surface area contributed by atoms with Gasteiger partial charge in [0.1, 0.15) is 18.8 Å². The van der Waals surface area contributed by atoms with Gasteiger partial charge in [0.2, 0.25) is 0 Å². The first kappa shape index (κ1) is 62.4. The van der Waals surface area contributed by atoms with Crippen molar-refractivity contribution in [3.63, 3.8) is 0 Å². The van der Waals surface area contributed by atoms with Crippen molar-refractivity contribution in [2.45, 2.75) is 212 Å². The molecule has 12 heteroatoms. The van der Waals surface area contributed by atoms with Crippen molar-refractivity contribution in [1.82, 2.24) is 0 Å². The SMILES string of the molecule is CC/C=C\C/C=C\C/C=C\C/C=C\CCC(=O)OCC(COC1OC(C(=O)O)C(O)C(O)C1OC(=O)CCCCCCC/C=C\CCCCCC)OC(=O)CC/C=C\C/C=C\C/C=C\C/C=C\CC. The summed E-state index contributed by atoms with van der Waals surface area (Å²) in [6, 6.07) is 0. The second-order valence-electron chi connectivity index (χ2n) is 17.0. The number of aliphatic carboxylic acids is 1. The smallest absolute Gasteiger partial charge is 0.335 e.